The average molecular weight is 343 g/mol. The van der Waals surface area contributed by atoms with Crippen LogP contribution < -0.4 is 0 Å². The summed E-state index contributed by atoms with van der Waals surface area (Å²) in [5.41, 5.74) is 3.50. The Balaban J connectivity index is 1.84. The first-order valence-electron chi connectivity index (χ1n) is 8.47. The summed E-state index contributed by atoms with van der Waals surface area (Å²) in [5, 5.41) is 0. The lowest BCUT2D eigenvalue weighted by atomic mass is 9.99. The Labute approximate surface area is 150 Å². The van der Waals surface area contributed by atoms with Gasteiger partial charge in [0.25, 0.3) is 0 Å². The molecule has 0 amide bonds. The Hall–Kier alpha value is -1.33. The second-order valence-corrected chi connectivity index (χ2v) is 6.66. The highest BCUT2D eigenvalue weighted by atomic mass is 32.1. The van der Waals surface area contributed by atoms with Gasteiger partial charge in [0.15, 0.2) is 0 Å². The minimum Gasteiger partial charge on any atom is -0.345 e. The van der Waals surface area contributed by atoms with Gasteiger partial charge in [-0.3, -0.25) is 4.90 Å². The molecule has 0 N–H and O–H groups in total. The molecule has 1 unspecified atom stereocenters. The molecule has 3 rings (SSSR count). The number of likely N-dealkylation sites (N-methyl/N-ethyl adjacent to an activating group) is 1. The summed E-state index contributed by atoms with van der Waals surface area (Å²) in [6.45, 7) is 3.00. The van der Waals surface area contributed by atoms with Gasteiger partial charge in [0.05, 0.1) is 19.8 Å². The lowest BCUT2D eigenvalue weighted by molar-refractivity contribution is -0.274. The van der Waals surface area contributed by atoms with Crippen LogP contribution in [0.4, 0.5) is 0 Å². The number of nitrogens with zero attached hydrogens (tertiary/aromatic N) is 1. The highest BCUT2D eigenvalue weighted by Crippen LogP contribution is 2.32. The third kappa shape index (κ3) is 4.01. The van der Waals surface area contributed by atoms with E-state index in [9.17, 15) is 0 Å². The van der Waals surface area contributed by atoms with Crippen molar-refractivity contribution in [2.45, 2.75) is 12.2 Å². The van der Waals surface area contributed by atoms with E-state index in [-0.39, 0.29) is 0 Å². The Morgan fingerprint density at radius 1 is 1.08 bits per heavy atom. The van der Waals surface area contributed by atoms with E-state index in [1.807, 2.05) is 6.07 Å². The number of hydrogen-bond acceptors (Lipinski definition) is 4. The Bertz CT molecular complexity index is 632. The van der Waals surface area contributed by atoms with Crippen molar-refractivity contribution in [1.29, 1.82) is 0 Å². The van der Waals surface area contributed by atoms with Crippen molar-refractivity contribution in [2.75, 3.05) is 39.1 Å². The van der Waals surface area contributed by atoms with Gasteiger partial charge < -0.3 is 9.47 Å². The Morgan fingerprint density at radius 3 is 2.46 bits per heavy atom. The van der Waals surface area contributed by atoms with Crippen LogP contribution in [0.3, 0.4) is 0 Å². The van der Waals surface area contributed by atoms with Crippen molar-refractivity contribution in [1.82, 2.24) is 4.90 Å². The highest BCUT2D eigenvalue weighted by Gasteiger charge is 2.38. The zero-order chi connectivity index (χ0) is 16.8. The van der Waals surface area contributed by atoms with E-state index in [1.54, 1.807) is 0 Å². The minimum absolute atomic E-state index is 0.651. The van der Waals surface area contributed by atoms with E-state index in [1.165, 1.54) is 11.1 Å². The lowest BCUT2D eigenvalue weighted by Crippen LogP contribution is -2.50. The molecular weight excluding hydrogens is 318 g/mol. The maximum Gasteiger partial charge on any atom is 0.208 e. The molecule has 1 heterocycles. The predicted molar refractivity (Wildman–Crippen MR) is 101 cm³/mol. The molecule has 0 saturated carbocycles. The molecule has 1 atom stereocenters. The van der Waals surface area contributed by atoms with E-state index < -0.39 is 5.79 Å². The maximum atomic E-state index is 6.20. The van der Waals surface area contributed by atoms with Gasteiger partial charge in [-0.15, -0.1) is 0 Å². The number of rotatable bonds is 6. The summed E-state index contributed by atoms with van der Waals surface area (Å²) in [7, 11) is 2.11. The molecule has 0 radical (unpaired) electrons. The van der Waals surface area contributed by atoms with Crippen molar-refractivity contribution in [2.24, 2.45) is 0 Å². The van der Waals surface area contributed by atoms with Crippen molar-refractivity contribution >= 4 is 12.6 Å². The van der Waals surface area contributed by atoms with Crippen molar-refractivity contribution in [3.8, 4) is 11.1 Å². The van der Waals surface area contributed by atoms with Gasteiger partial charge in [0.1, 0.15) is 0 Å². The number of ether oxygens (including phenoxy) is 2. The van der Waals surface area contributed by atoms with Gasteiger partial charge in [-0.05, 0) is 30.3 Å². The van der Waals surface area contributed by atoms with Crippen LogP contribution in [0.1, 0.15) is 12.0 Å². The topological polar surface area (TPSA) is 21.7 Å². The zero-order valence-electron chi connectivity index (χ0n) is 14.1. The molecule has 1 aliphatic rings. The Morgan fingerprint density at radius 2 is 1.79 bits per heavy atom. The molecule has 0 aromatic heterocycles. The third-order valence-corrected chi connectivity index (χ3v) is 4.67. The number of hydrogen-bond donors (Lipinski definition) is 1. The van der Waals surface area contributed by atoms with Gasteiger partial charge in [-0.2, -0.15) is 12.6 Å². The maximum absolute atomic E-state index is 6.20. The highest BCUT2D eigenvalue weighted by molar-refractivity contribution is 7.80. The summed E-state index contributed by atoms with van der Waals surface area (Å²) in [6.07, 6.45) is 0.917. The summed E-state index contributed by atoms with van der Waals surface area (Å²) in [5.74, 6) is 0.143. The smallest absolute Gasteiger partial charge is 0.208 e. The van der Waals surface area contributed by atoms with Crippen LogP contribution in [-0.4, -0.2) is 44.0 Å². The molecule has 2 aromatic rings. The average Bonchev–Trinajstić information content (AvgIpc) is 2.63. The fraction of sp³-hybridized carbons (Fsp3) is 0.400. The normalized spacial score (nSPS) is 21.8. The van der Waals surface area contributed by atoms with Gasteiger partial charge >= 0.3 is 0 Å². The molecule has 0 bridgehead atoms. The number of benzene rings is 2. The van der Waals surface area contributed by atoms with E-state index >= 15 is 0 Å². The van der Waals surface area contributed by atoms with Gasteiger partial charge in [-0.1, -0.05) is 54.6 Å². The predicted octanol–water partition coefficient (Wildman–Crippen LogP) is 3.80. The van der Waals surface area contributed by atoms with E-state index in [2.05, 4.69) is 73.1 Å². The monoisotopic (exact) mass is 343 g/mol. The quantitative estimate of drug-likeness (QED) is 0.637. The molecule has 24 heavy (non-hydrogen) atoms. The second kappa shape index (κ2) is 8.17. The molecule has 1 aliphatic heterocycles. The lowest BCUT2D eigenvalue weighted by Gasteiger charge is -2.41. The van der Waals surface area contributed by atoms with E-state index in [4.69, 9.17) is 9.47 Å². The van der Waals surface area contributed by atoms with Crippen molar-refractivity contribution in [3.05, 3.63) is 60.2 Å². The number of thiol groups is 1. The standard InChI is InChI=1S/C20H25NO2S/c1-21-12-14-23-20(16-21,22-13-5-15-24)19-10-8-18(9-11-19)17-6-3-2-4-7-17/h2-4,6-11,24H,5,12-16H2,1H3. The largest absolute Gasteiger partial charge is 0.345 e. The molecule has 1 saturated heterocycles. The Kier molecular flexibility index (Phi) is 5.95. The van der Waals surface area contributed by atoms with Crippen LogP contribution in [0.15, 0.2) is 54.6 Å². The molecule has 4 heteroatoms. The van der Waals surface area contributed by atoms with Crippen LogP contribution >= 0.6 is 12.6 Å². The SMILES string of the molecule is CN1CCOC(OCCCS)(c2ccc(-c3ccccc3)cc2)C1. The van der Waals surface area contributed by atoms with Crippen LogP contribution in [0.25, 0.3) is 11.1 Å². The van der Waals surface area contributed by atoms with Gasteiger partial charge in [0, 0.05) is 12.1 Å². The first kappa shape index (κ1) is 17.5. The number of morpholine rings is 1. The zero-order valence-corrected chi connectivity index (χ0v) is 15.0. The van der Waals surface area contributed by atoms with E-state index in [0.29, 0.717) is 13.2 Å². The van der Waals surface area contributed by atoms with Crippen LogP contribution in [0.5, 0.6) is 0 Å². The summed E-state index contributed by atoms with van der Waals surface area (Å²) in [4.78, 5) is 2.26. The summed E-state index contributed by atoms with van der Waals surface area (Å²) < 4.78 is 12.3. The first-order valence-corrected chi connectivity index (χ1v) is 9.10. The third-order valence-electron chi connectivity index (χ3n) is 4.36. The molecule has 1 fully saturated rings. The fourth-order valence-electron chi connectivity index (χ4n) is 3.04. The van der Waals surface area contributed by atoms with E-state index in [0.717, 1.165) is 30.8 Å². The fourth-order valence-corrected chi connectivity index (χ4v) is 3.17. The molecule has 2 aromatic carbocycles. The van der Waals surface area contributed by atoms with Crippen LogP contribution in [0.2, 0.25) is 0 Å². The van der Waals surface area contributed by atoms with Gasteiger partial charge in [-0.25, -0.2) is 0 Å². The second-order valence-electron chi connectivity index (χ2n) is 6.21. The summed E-state index contributed by atoms with van der Waals surface area (Å²) in [6, 6.07) is 18.9. The molecule has 0 aliphatic carbocycles. The molecular formula is C20H25NO2S. The van der Waals surface area contributed by atoms with Crippen molar-refractivity contribution in [3.63, 3.8) is 0 Å². The van der Waals surface area contributed by atoms with Crippen LogP contribution in [-0.2, 0) is 15.3 Å². The summed E-state index contributed by atoms with van der Waals surface area (Å²) >= 11 is 4.27. The minimum atomic E-state index is -0.675. The molecule has 0 spiro atoms. The van der Waals surface area contributed by atoms with Crippen molar-refractivity contribution < 1.29 is 9.47 Å². The molecule has 3 nitrogen and oxygen atoms in total. The van der Waals surface area contributed by atoms with Gasteiger partial charge in [0.2, 0.25) is 5.79 Å². The molecule has 128 valence electrons. The van der Waals surface area contributed by atoms with Crippen LogP contribution in [0, 0.1) is 0 Å². The first-order chi connectivity index (χ1) is 11.7.